The van der Waals surface area contributed by atoms with E-state index >= 15 is 0 Å². The fraction of sp³-hybridized carbons (Fsp3) is 0.542. The zero-order valence-electron chi connectivity index (χ0n) is 19.8. The molecule has 0 unspecified atom stereocenters. The molecule has 0 aromatic carbocycles. The van der Waals surface area contributed by atoms with Gasteiger partial charge in [0.25, 0.3) is 0 Å². The molecule has 1 fully saturated rings. The van der Waals surface area contributed by atoms with Gasteiger partial charge in [0.15, 0.2) is 22.9 Å². The SMILES string of the molecule is CC/C=C(\C=C(/NC)Nc1nc(N2CCOCC2)c2oc(C(=O)CCC)cc2n1)C(C)C. The first kappa shape index (κ1) is 23.8. The van der Waals surface area contributed by atoms with Crippen molar-refractivity contribution >= 4 is 28.6 Å². The molecule has 3 rings (SSSR count). The number of nitrogens with zero attached hydrogens (tertiary/aromatic N) is 3. The molecule has 2 aromatic heterocycles. The van der Waals surface area contributed by atoms with Gasteiger partial charge in [-0.15, -0.1) is 0 Å². The van der Waals surface area contributed by atoms with Crippen LogP contribution in [0.4, 0.5) is 11.8 Å². The van der Waals surface area contributed by atoms with Gasteiger partial charge in [0.2, 0.25) is 5.95 Å². The molecular formula is C24H35N5O3. The summed E-state index contributed by atoms with van der Waals surface area (Å²) in [5.74, 6) is 2.65. The number of allylic oxidation sites excluding steroid dienone is 3. The Labute approximate surface area is 190 Å². The number of carbonyl (C=O) groups excluding carboxylic acids is 1. The van der Waals surface area contributed by atoms with Crippen LogP contribution in [0.1, 0.15) is 57.5 Å². The number of fused-ring (bicyclic) bond motifs is 1. The maximum atomic E-state index is 12.4. The summed E-state index contributed by atoms with van der Waals surface area (Å²) in [7, 11) is 1.86. The van der Waals surface area contributed by atoms with Gasteiger partial charge in [0.1, 0.15) is 11.3 Å². The number of ketones is 1. The van der Waals surface area contributed by atoms with E-state index in [9.17, 15) is 4.79 Å². The first-order chi connectivity index (χ1) is 15.5. The van der Waals surface area contributed by atoms with Crippen LogP contribution < -0.4 is 15.5 Å². The van der Waals surface area contributed by atoms with Gasteiger partial charge in [-0.1, -0.05) is 33.8 Å². The second-order valence-electron chi connectivity index (χ2n) is 8.17. The molecule has 8 nitrogen and oxygen atoms in total. The monoisotopic (exact) mass is 441 g/mol. The van der Waals surface area contributed by atoms with E-state index in [0.717, 1.165) is 18.7 Å². The number of Topliss-reactive ketones (excluding diaryl/α,β-unsaturated/α-hetero) is 1. The number of morpholine rings is 1. The van der Waals surface area contributed by atoms with Gasteiger partial charge in [-0.05, 0) is 30.4 Å². The highest BCUT2D eigenvalue weighted by Crippen LogP contribution is 2.30. The van der Waals surface area contributed by atoms with Crippen LogP contribution in [-0.2, 0) is 4.74 Å². The lowest BCUT2D eigenvalue weighted by molar-refractivity contribution is 0.0957. The zero-order valence-corrected chi connectivity index (χ0v) is 19.8. The van der Waals surface area contributed by atoms with E-state index in [1.54, 1.807) is 6.07 Å². The van der Waals surface area contributed by atoms with Crippen molar-refractivity contribution in [1.29, 1.82) is 0 Å². The third kappa shape index (κ3) is 5.68. The smallest absolute Gasteiger partial charge is 0.231 e. The van der Waals surface area contributed by atoms with E-state index in [0.29, 0.717) is 67.3 Å². The standard InChI is InChI=1S/C24H35N5O3/c1-6-8-17(16(3)4)14-21(25-5)27-24-26-18-15-20(19(30)9-7-2)32-22(18)23(28-24)29-10-12-31-13-11-29/h8,14-16,25H,6-7,9-13H2,1-5H3,(H,26,27,28)/b17-8+,21-14+. The molecule has 2 aromatic rings. The average Bonchev–Trinajstić information content (AvgIpc) is 3.22. The van der Waals surface area contributed by atoms with Gasteiger partial charge in [0.05, 0.1) is 13.2 Å². The van der Waals surface area contributed by atoms with Crippen molar-refractivity contribution in [1.82, 2.24) is 15.3 Å². The van der Waals surface area contributed by atoms with Crippen molar-refractivity contribution in [3.8, 4) is 0 Å². The summed E-state index contributed by atoms with van der Waals surface area (Å²) in [6.45, 7) is 11.1. The third-order valence-corrected chi connectivity index (χ3v) is 5.35. The summed E-state index contributed by atoms with van der Waals surface area (Å²) < 4.78 is 11.5. The van der Waals surface area contributed by atoms with E-state index in [1.165, 1.54) is 5.57 Å². The number of furan rings is 1. The molecule has 1 saturated heterocycles. The van der Waals surface area contributed by atoms with Crippen molar-refractivity contribution in [3.05, 3.63) is 35.4 Å². The first-order valence-electron chi connectivity index (χ1n) is 11.5. The Hall–Kier alpha value is -2.87. The van der Waals surface area contributed by atoms with E-state index in [4.69, 9.17) is 14.1 Å². The number of hydrogen-bond donors (Lipinski definition) is 2. The van der Waals surface area contributed by atoms with E-state index < -0.39 is 0 Å². The van der Waals surface area contributed by atoms with E-state index in [-0.39, 0.29) is 5.78 Å². The topological polar surface area (TPSA) is 92.5 Å². The molecule has 0 atom stereocenters. The molecule has 0 radical (unpaired) electrons. The number of anilines is 2. The maximum absolute atomic E-state index is 12.4. The Kier molecular flexibility index (Phi) is 8.27. The molecule has 1 aliphatic rings. The minimum absolute atomic E-state index is 0.0185. The lowest BCUT2D eigenvalue weighted by Gasteiger charge is -2.27. The van der Waals surface area contributed by atoms with Crippen LogP contribution in [0, 0.1) is 5.92 Å². The summed E-state index contributed by atoms with van der Waals surface area (Å²) in [5.41, 5.74) is 2.39. The van der Waals surface area contributed by atoms with Crippen LogP contribution >= 0.6 is 0 Å². The second-order valence-corrected chi connectivity index (χ2v) is 8.17. The van der Waals surface area contributed by atoms with Gasteiger partial charge in [-0.2, -0.15) is 4.98 Å². The Bertz CT molecular complexity index is 987. The predicted octanol–water partition coefficient (Wildman–Crippen LogP) is 4.51. The van der Waals surface area contributed by atoms with Crippen LogP contribution in [0.2, 0.25) is 0 Å². The molecule has 3 heterocycles. The fourth-order valence-corrected chi connectivity index (χ4v) is 3.60. The molecule has 32 heavy (non-hydrogen) atoms. The van der Waals surface area contributed by atoms with Crippen LogP contribution in [0.25, 0.3) is 11.1 Å². The van der Waals surface area contributed by atoms with Gasteiger partial charge >= 0.3 is 0 Å². The van der Waals surface area contributed by atoms with Crippen molar-refractivity contribution in [2.75, 3.05) is 43.6 Å². The second kappa shape index (κ2) is 11.1. The normalized spacial score (nSPS) is 15.5. The summed E-state index contributed by atoms with van der Waals surface area (Å²) in [6.07, 6.45) is 6.48. The summed E-state index contributed by atoms with van der Waals surface area (Å²) in [5, 5.41) is 6.51. The summed E-state index contributed by atoms with van der Waals surface area (Å²) >= 11 is 0. The molecule has 0 amide bonds. The van der Waals surface area contributed by atoms with Crippen LogP contribution in [0.5, 0.6) is 0 Å². The van der Waals surface area contributed by atoms with E-state index in [1.807, 2.05) is 14.0 Å². The molecule has 8 heteroatoms. The van der Waals surface area contributed by atoms with Crippen LogP contribution in [0.15, 0.2) is 34.0 Å². The minimum Gasteiger partial charge on any atom is -0.447 e. The molecule has 2 N–H and O–H groups in total. The highest BCUT2D eigenvalue weighted by atomic mass is 16.5. The van der Waals surface area contributed by atoms with Crippen molar-refractivity contribution in [2.24, 2.45) is 5.92 Å². The Morgan fingerprint density at radius 3 is 2.62 bits per heavy atom. The Morgan fingerprint density at radius 2 is 2.00 bits per heavy atom. The van der Waals surface area contributed by atoms with Crippen molar-refractivity contribution < 1.29 is 13.9 Å². The molecule has 1 aliphatic heterocycles. The lowest BCUT2D eigenvalue weighted by atomic mass is 10.0. The van der Waals surface area contributed by atoms with Gasteiger partial charge < -0.3 is 24.7 Å². The number of carbonyl (C=O) groups is 1. The largest absolute Gasteiger partial charge is 0.447 e. The number of nitrogens with one attached hydrogen (secondary N) is 2. The fourth-order valence-electron chi connectivity index (χ4n) is 3.60. The Balaban J connectivity index is 2.02. The van der Waals surface area contributed by atoms with Gasteiger partial charge in [-0.3, -0.25) is 4.79 Å². The number of hydrogen-bond acceptors (Lipinski definition) is 8. The summed E-state index contributed by atoms with van der Waals surface area (Å²) in [6, 6.07) is 1.73. The highest BCUT2D eigenvalue weighted by Gasteiger charge is 2.23. The predicted molar refractivity (Wildman–Crippen MR) is 128 cm³/mol. The van der Waals surface area contributed by atoms with Crippen LogP contribution in [0.3, 0.4) is 0 Å². The highest BCUT2D eigenvalue weighted by molar-refractivity contribution is 5.98. The molecule has 174 valence electrons. The Morgan fingerprint density at radius 1 is 1.25 bits per heavy atom. The van der Waals surface area contributed by atoms with Gasteiger partial charge in [0, 0.05) is 32.6 Å². The molecule has 0 aliphatic carbocycles. The molecular weight excluding hydrogens is 406 g/mol. The average molecular weight is 442 g/mol. The zero-order chi connectivity index (χ0) is 23.1. The lowest BCUT2D eigenvalue weighted by Crippen LogP contribution is -2.37. The number of ether oxygens (including phenoxy) is 1. The summed E-state index contributed by atoms with van der Waals surface area (Å²) in [4.78, 5) is 24.0. The van der Waals surface area contributed by atoms with Crippen molar-refractivity contribution in [2.45, 2.75) is 47.0 Å². The maximum Gasteiger partial charge on any atom is 0.231 e. The minimum atomic E-state index is -0.0185. The number of aromatic nitrogens is 2. The van der Waals surface area contributed by atoms with E-state index in [2.05, 4.69) is 53.4 Å². The first-order valence-corrected chi connectivity index (χ1v) is 11.5. The van der Waals surface area contributed by atoms with Crippen LogP contribution in [-0.4, -0.2) is 49.1 Å². The molecule has 0 saturated carbocycles. The molecule has 0 spiro atoms. The van der Waals surface area contributed by atoms with Crippen molar-refractivity contribution in [3.63, 3.8) is 0 Å². The third-order valence-electron chi connectivity index (χ3n) is 5.35. The quantitative estimate of drug-likeness (QED) is 0.411. The van der Waals surface area contributed by atoms with Gasteiger partial charge in [-0.25, -0.2) is 4.98 Å². The number of rotatable bonds is 10. The molecule has 0 bridgehead atoms.